The van der Waals surface area contributed by atoms with Crippen molar-refractivity contribution < 1.29 is 14.3 Å². The Labute approximate surface area is 251 Å². The quantitative estimate of drug-likeness (QED) is 0.246. The lowest BCUT2D eigenvalue weighted by molar-refractivity contribution is 0.0374. The number of hydrogen-bond acceptors (Lipinski definition) is 7. The number of carbonyl (C=O) groups excluding carboxylic acids is 1. The van der Waals surface area contributed by atoms with E-state index < -0.39 is 0 Å². The highest BCUT2D eigenvalue weighted by Crippen LogP contribution is 2.45. The lowest BCUT2D eigenvalue weighted by atomic mass is 10.0. The molecule has 1 amide bonds. The minimum Gasteiger partial charge on any atom is -0.451 e. The van der Waals surface area contributed by atoms with Crippen molar-refractivity contribution in [3.63, 3.8) is 0 Å². The molecule has 1 unspecified atom stereocenters. The number of rotatable bonds is 9. The van der Waals surface area contributed by atoms with Crippen LogP contribution in [0.4, 0.5) is 5.69 Å². The van der Waals surface area contributed by atoms with Crippen LogP contribution in [-0.2, 0) is 4.74 Å². The van der Waals surface area contributed by atoms with Crippen LogP contribution >= 0.6 is 0 Å². The lowest BCUT2D eigenvalue weighted by Crippen LogP contribution is -2.38. The number of hydrogen-bond donors (Lipinski definition) is 2. The van der Waals surface area contributed by atoms with Crippen LogP contribution in [0.15, 0.2) is 59.5 Å². The third kappa shape index (κ3) is 5.48. The molecular formula is C34H39N5O4. The van der Waals surface area contributed by atoms with Crippen LogP contribution in [0.1, 0.15) is 36.5 Å². The van der Waals surface area contributed by atoms with Crippen LogP contribution in [0.2, 0.25) is 0 Å². The highest BCUT2D eigenvalue weighted by Gasteiger charge is 2.27. The Hall–Kier alpha value is -3.92. The van der Waals surface area contributed by atoms with E-state index in [1.54, 1.807) is 6.20 Å². The van der Waals surface area contributed by atoms with Crippen molar-refractivity contribution in [2.75, 3.05) is 64.3 Å². The number of nitrogens with zero attached hydrogens (tertiary/aromatic N) is 3. The molecule has 2 saturated heterocycles. The van der Waals surface area contributed by atoms with Crippen molar-refractivity contribution in [1.29, 1.82) is 0 Å². The van der Waals surface area contributed by atoms with E-state index in [0.29, 0.717) is 35.0 Å². The molecule has 0 aliphatic carbocycles. The largest absolute Gasteiger partial charge is 0.451 e. The summed E-state index contributed by atoms with van der Waals surface area (Å²) in [5.41, 5.74) is 2.17. The molecule has 3 aliphatic heterocycles. The van der Waals surface area contributed by atoms with E-state index in [0.717, 1.165) is 81.1 Å². The first kappa shape index (κ1) is 27.9. The third-order valence-corrected chi connectivity index (χ3v) is 9.11. The molecule has 2 N–H and O–H groups in total. The fourth-order valence-electron chi connectivity index (χ4n) is 6.66. The first-order chi connectivity index (χ1) is 21.1. The number of anilines is 1. The summed E-state index contributed by atoms with van der Waals surface area (Å²) in [6, 6.07) is 16.6. The SMILES string of the molecule is CC1CCCN1CCNc1ccc2c(=O)c(C(=O)NCCCN3CCOCC3)cn3c2c1Oc1cc2ccccc2cc1-3. The van der Waals surface area contributed by atoms with Gasteiger partial charge in [-0.05, 0) is 74.3 Å². The predicted molar refractivity (Wildman–Crippen MR) is 170 cm³/mol. The van der Waals surface area contributed by atoms with Gasteiger partial charge in [-0.3, -0.25) is 19.4 Å². The van der Waals surface area contributed by atoms with E-state index in [-0.39, 0.29) is 16.9 Å². The summed E-state index contributed by atoms with van der Waals surface area (Å²) in [7, 11) is 0. The fraction of sp³-hybridized carbons (Fsp3) is 0.412. The average Bonchev–Trinajstić information content (AvgIpc) is 3.44. The number of ether oxygens (including phenoxy) is 2. The first-order valence-electron chi connectivity index (χ1n) is 15.6. The van der Waals surface area contributed by atoms with Gasteiger partial charge in [0.2, 0.25) is 5.43 Å². The molecule has 4 aromatic rings. The Kier molecular flexibility index (Phi) is 7.78. The average molecular weight is 582 g/mol. The summed E-state index contributed by atoms with van der Waals surface area (Å²) in [6.07, 6.45) is 4.99. The zero-order chi connectivity index (χ0) is 29.3. The molecule has 224 valence electrons. The monoisotopic (exact) mass is 581 g/mol. The second-order valence-electron chi connectivity index (χ2n) is 11.9. The summed E-state index contributed by atoms with van der Waals surface area (Å²) in [5, 5.41) is 9.16. The molecule has 9 nitrogen and oxygen atoms in total. The van der Waals surface area contributed by atoms with Gasteiger partial charge in [-0.25, -0.2) is 0 Å². The molecule has 2 fully saturated rings. The topological polar surface area (TPSA) is 88.1 Å². The van der Waals surface area contributed by atoms with Crippen LogP contribution in [0, 0.1) is 0 Å². The van der Waals surface area contributed by atoms with Crippen LogP contribution in [-0.4, -0.2) is 85.3 Å². The molecule has 3 aliphatic rings. The van der Waals surface area contributed by atoms with Gasteiger partial charge in [0.1, 0.15) is 11.1 Å². The molecule has 0 spiro atoms. The molecule has 4 heterocycles. The molecule has 1 aromatic heterocycles. The van der Waals surface area contributed by atoms with Gasteiger partial charge in [0.25, 0.3) is 5.91 Å². The predicted octanol–water partition coefficient (Wildman–Crippen LogP) is 4.60. The van der Waals surface area contributed by atoms with E-state index in [1.165, 1.54) is 12.8 Å². The van der Waals surface area contributed by atoms with Crippen molar-refractivity contribution in [1.82, 2.24) is 19.7 Å². The fourth-order valence-corrected chi connectivity index (χ4v) is 6.66. The van der Waals surface area contributed by atoms with E-state index in [1.807, 2.05) is 34.9 Å². The van der Waals surface area contributed by atoms with Gasteiger partial charge in [0.05, 0.1) is 30.0 Å². The van der Waals surface area contributed by atoms with Gasteiger partial charge < -0.3 is 24.7 Å². The van der Waals surface area contributed by atoms with Crippen molar-refractivity contribution in [2.24, 2.45) is 0 Å². The van der Waals surface area contributed by atoms with Gasteiger partial charge in [-0.15, -0.1) is 0 Å². The second kappa shape index (κ2) is 12.0. The highest BCUT2D eigenvalue weighted by atomic mass is 16.5. The molecule has 1 atom stereocenters. The summed E-state index contributed by atoms with van der Waals surface area (Å²) < 4.78 is 14.0. The molecular weight excluding hydrogens is 542 g/mol. The Morgan fingerprint density at radius 3 is 2.60 bits per heavy atom. The van der Waals surface area contributed by atoms with E-state index >= 15 is 0 Å². The number of carbonyl (C=O) groups is 1. The van der Waals surface area contributed by atoms with Gasteiger partial charge in [-0.2, -0.15) is 0 Å². The number of benzene rings is 3. The van der Waals surface area contributed by atoms with Gasteiger partial charge in [0, 0.05) is 45.0 Å². The number of fused-ring (bicyclic) bond motifs is 3. The first-order valence-corrected chi connectivity index (χ1v) is 15.6. The normalized spacial score (nSPS) is 18.5. The maximum Gasteiger partial charge on any atom is 0.256 e. The van der Waals surface area contributed by atoms with Crippen molar-refractivity contribution in [3.8, 4) is 17.2 Å². The number of amides is 1. The smallest absolute Gasteiger partial charge is 0.256 e. The molecule has 7 rings (SSSR count). The zero-order valence-corrected chi connectivity index (χ0v) is 24.7. The van der Waals surface area contributed by atoms with E-state index in [2.05, 4.69) is 45.6 Å². The Bertz CT molecular complexity index is 1730. The second-order valence-corrected chi connectivity index (χ2v) is 11.9. The van der Waals surface area contributed by atoms with Crippen LogP contribution in [0.25, 0.3) is 27.4 Å². The van der Waals surface area contributed by atoms with Gasteiger partial charge >= 0.3 is 0 Å². The minimum absolute atomic E-state index is 0.134. The third-order valence-electron chi connectivity index (χ3n) is 9.11. The van der Waals surface area contributed by atoms with Crippen LogP contribution in [0.5, 0.6) is 11.5 Å². The molecule has 0 bridgehead atoms. The summed E-state index contributed by atoms with van der Waals surface area (Å²) >= 11 is 0. The van der Waals surface area contributed by atoms with Gasteiger partial charge in [0.15, 0.2) is 11.5 Å². The lowest BCUT2D eigenvalue weighted by Gasteiger charge is -2.27. The van der Waals surface area contributed by atoms with E-state index in [4.69, 9.17) is 9.47 Å². The van der Waals surface area contributed by atoms with Crippen molar-refractivity contribution in [2.45, 2.75) is 32.2 Å². The summed E-state index contributed by atoms with van der Waals surface area (Å²) in [5.74, 6) is 0.953. The molecule has 0 radical (unpaired) electrons. The molecule has 3 aromatic carbocycles. The number of aromatic nitrogens is 1. The maximum atomic E-state index is 13.8. The van der Waals surface area contributed by atoms with Crippen molar-refractivity contribution in [3.05, 3.63) is 70.5 Å². The Balaban J connectivity index is 1.22. The number of nitrogens with one attached hydrogen (secondary N) is 2. The zero-order valence-electron chi connectivity index (χ0n) is 24.7. The number of pyridine rings is 1. The Morgan fingerprint density at radius 2 is 1.81 bits per heavy atom. The highest BCUT2D eigenvalue weighted by molar-refractivity contribution is 6.01. The van der Waals surface area contributed by atoms with Crippen molar-refractivity contribution >= 4 is 33.3 Å². The number of likely N-dealkylation sites (tertiary alicyclic amines) is 1. The minimum atomic E-state index is -0.352. The molecule has 43 heavy (non-hydrogen) atoms. The Morgan fingerprint density at radius 1 is 1.00 bits per heavy atom. The molecule has 0 saturated carbocycles. The van der Waals surface area contributed by atoms with Crippen LogP contribution < -0.4 is 20.8 Å². The van der Waals surface area contributed by atoms with E-state index in [9.17, 15) is 9.59 Å². The van der Waals surface area contributed by atoms with Crippen LogP contribution in [0.3, 0.4) is 0 Å². The number of morpholine rings is 1. The molecule has 9 heteroatoms. The standard InChI is InChI=1S/C34H39N5O4/c1-23-6-4-14-38(23)15-12-35-28-10-9-26-31-33(28)43-30-21-25-8-3-2-7-24(25)20-29(30)39(31)22-27(32(26)40)34(41)36-11-5-13-37-16-18-42-19-17-37/h2-3,7-10,20-23,35H,4-6,11-19H2,1H3,(H,36,41). The summed E-state index contributed by atoms with van der Waals surface area (Å²) in [4.78, 5) is 32.0. The maximum absolute atomic E-state index is 13.8. The van der Waals surface area contributed by atoms with Gasteiger partial charge in [-0.1, -0.05) is 24.3 Å². The summed E-state index contributed by atoms with van der Waals surface area (Å²) in [6.45, 7) is 9.84.